The molecule has 15 heavy (non-hydrogen) atoms. The summed E-state index contributed by atoms with van der Waals surface area (Å²) in [5.41, 5.74) is 7.21. The number of hydrogen-bond acceptors (Lipinski definition) is 1. The smallest absolute Gasteiger partial charge is 0.240 e. The van der Waals surface area contributed by atoms with Gasteiger partial charge in [0.25, 0.3) is 0 Å². The van der Waals surface area contributed by atoms with Crippen LogP contribution in [-0.4, -0.2) is 6.43 Å². The van der Waals surface area contributed by atoms with Crippen molar-refractivity contribution >= 4 is 24.0 Å². The molecule has 0 saturated heterocycles. The Morgan fingerprint density at radius 3 is 2.47 bits per heavy atom. The fraction of sp³-hybridized carbons (Fsp3) is 0.400. The highest BCUT2D eigenvalue weighted by Gasteiger charge is 2.14. The summed E-state index contributed by atoms with van der Waals surface area (Å²) >= 11 is 5.74. The minimum absolute atomic E-state index is 0. The summed E-state index contributed by atoms with van der Waals surface area (Å²) < 4.78 is 24.2. The molecule has 0 heterocycles. The third-order valence-corrected chi connectivity index (χ3v) is 2.30. The summed E-state index contributed by atoms with van der Waals surface area (Å²) in [6.45, 7) is 1.81. The number of alkyl halides is 2. The van der Waals surface area contributed by atoms with E-state index >= 15 is 0 Å². The number of hydrogen-bond donors (Lipinski definition) is 1. The maximum Gasteiger partial charge on any atom is 0.240 e. The number of aryl methyl sites for hydroxylation is 1. The molecule has 0 bridgehead atoms. The van der Waals surface area contributed by atoms with Crippen molar-refractivity contribution in [2.75, 3.05) is 0 Å². The van der Waals surface area contributed by atoms with E-state index in [0.29, 0.717) is 5.02 Å². The Bertz CT molecular complexity index is 318. The standard InChI is InChI=1S/C10H12ClF2N.ClH/c1-6-4-7(11)2-3-8(6)9(14)5-10(12)13;/h2-4,9-10H,5,14H2,1H3;1H/t9-;/m1./s1. The van der Waals surface area contributed by atoms with Gasteiger partial charge < -0.3 is 5.73 Å². The molecule has 1 nitrogen and oxygen atoms in total. The molecule has 2 N–H and O–H groups in total. The Kier molecular flexibility index (Phi) is 6.10. The first-order valence-corrected chi connectivity index (χ1v) is 4.68. The molecule has 0 unspecified atom stereocenters. The van der Waals surface area contributed by atoms with E-state index in [1.165, 1.54) is 0 Å². The van der Waals surface area contributed by atoms with E-state index in [2.05, 4.69) is 0 Å². The van der Waals surface area contributed by atoms with Crippen molar-refractivity contribution in [2.45, 2.75) is 25.8 Å². The van der Waals surface area contributed by atoms with Gasteiger partial charge in [0.05, 0.1) is 0 Å². The van der Waals surface area contributed by atoms with Crippen LogP contribution in [0.25, 0.3) is 0 Å². The summed E-state index contributed by atoms with van der Waals surface area (Å²) in [6.07, 6.45) is -2.69. The fourth-order valence-corrected chi connectivity index (χ4v) is 1.60. The Balaban J connectivity index is 0.00000196. The highest BCUT2D eigenvalue weighted by molar-refractivity contribution is 6.30. The van der Waals surface area contributed by atoms with Crippen LogP contribution in [0.5, 0.6) is 0 Å². The second kappa shape index (κ2) is 6.26. The van der Waals surface area contributed by atoms with Gasteiger partial charge in [0.2, 0.25) is 6.43 Å². The molecular weight excluding hydrogens is 243 g/mol. The third-order valence-electron chi connectivity index (χ3n) is 2.06. The lowest BCUT2D eigenvalue weighted by molar-refractivity contribution is 0.128. The fourth-order valence-electron chi connectivity index (χ4n) is 1.37. The van der Waals surface area contributed by atoms with E-state index in [-0.39, 0.29) is 18.8 Å². The quantitative estimate of drug-likeness (QED) is 0.876. The van der Waals surface area contributed by atoms with E-state index in [4.69, 9.17) is 17.3 Å². The zero-order valence-electron chi connectivity index (χ0n) is 8.21. The lowest BCUT2D eigenvalue weighted by atomic mass is 10.00. The van der Waals surface area contributed by atoms with E-state index in [9.17, 15) is 8.78 Å². The first-order chi connectivity index (χ1) is 6.50. The Hall–Kier alpha value is -0.380. The predicted molar refractivity (Wildman–Crippen MR) is 61.0 cm³/mol. The van der Waals surface area contributed by atoms with Crippen molar-refractivity contribution in [2.24, 2.45) is 5.73 Å². The van der Waals surface area contributed by atoms with Gasteiger partial charge in [-0.2, -0.15) is 0 Å². The Labute approximate surface area is 99.0 Å². The summed E-state index contributed by atoms with van der Waals surface area (Å²) in [4.78, 5) is 0. The molecule has 1 atom stereocenters. The largest absolute Gasteiger partial charge is 0.324 e. The van der Waals surface area contributed by atoms with Crippen LogP contribution in [0.3, 0.4) is 0 Å². The highest BCUT2D eigenvalue weighted by atomic mass is 35.5. The number of halogens is 4. The topological polar surface area (TPSA) is 26.0 Å². The first kappa shape index (κ1) is 14.6. The molecule has 1 aromatic carbocycles. The molecule has 0 radical (unpaired) electrons. The maximum atomic E-state index is 12.1. The summed E-state index contributed by atoms with van der Waals surface area (Å²) in [7, 11) is 0. The third kappa shape index (κ3) is 4.33. The Morgan fingerprint density at radius 1 is 1.40 bits per heavy atom. The van der Waals surface area contributed by atoms with Gasteiger partial charge in [0.15, 0.2) is 0 Å². The maximum absolute atomic E-state index is 12.1. The average molecular weight is 256 g/mol. The van der Waals surface area contributed by atoms with Crippen LogP contribution < -0.4 is 5.73 Å². The van der Waals surface area contributed by atoms with Gasteiger partial charge in [-0.05, 0) is 30.2 Å². The molecule has 1 rings (SSSR count). The van der Waals surface area contributed by atoms with Gasteiger partial charge in [-0.3, -0.25) is 0 Å². The van der Waals surface area contributed by atoms with Crippen LogP contribution in [0.1, 0.15) is 23.6 Å². The van der Waals surface area contributed by atoms with Crippen molar-refractivity contribution in [3.05, 3.63) is 34.3 Å². The lowest BCUT2D eigenvalue weighted by Crippen LogP contribution is -2.15. The normalized spacial score (nSPS) is 12.4. The van der Waals surface area contributed by atoms with Gasteiger partial charge in [0, 0.05) is 17.5 Å². The number of nitrogens with two attached hydrogens (primary N) is 1. The summed E-state index contributed by atoms with van der Waals surface area (Å²) in [5, 5.41) is 0.593. The number of benzene rings is 1. The molecular formula is C10H13Cl2F2N. The van der Waals surface area contributed by atoms with Crippen LogP contribution in [-0.2, 0) is 0 Å². The van der Waals surface area contributed by atoms with Crippen molar-refractivity contribution in [3.8, 4) is 0 Å². The van der Waals surface area contributed by atoms with E-state index in [1.54, 1.807) is 18.2 Å². The summed E-state index contributed by atoms with van der Waals surface area (Å²) in [5.74, 6) is 0. The van der Waals surface area contributed by atoms with Crippen molar-refractivity contribution in [1.29, 1.82) is 0 Å². The van der Waals surface area contributed by atoms with E-state index in [1.807, 2.05) is 6.92 Å². The Morgan fingerprint density at radius 2 is 2.00 bits per heavy atom. The molecule has 0 spiro atoms. The lowest BCUT2D eigenvalue weighted by Gasteiger charge is -2.14. The van der Waals surface area contributed by atoms with Gasteiger partial charge in [-0.25, -0.2) is 8.78 Å². The van der Waals surface area contributed by atoms with E-state index < -0.39 is 12.5 Å². The van der Waals surface area contributed by atoms with Crippen LogP contribution in [0.15, 0.2) is 18.2 Å². The van der Waals surface area contributed by atoms with E-state index in [0.717, 1.165) is 11.1 Å². The second-order valence-corrected chi connectivity index (χ2v) is 3.67. The summed E-state index contributed by atoms with van der Waals surface area (Å²) in [6, 6.07) is 4.47. The van der Waals surface area contributed by atoms with Crippen LogP contribution in [0, 0.1) is 6.92 Å². The van der Waals surface area contributed by atoms with Gasteiger partial charge >= 0.3 is 0 Å². The zero-order valence-corrected chi connectivity index (χ0v) is 9.79. The second-order valence-electron chi connectivity index (χ2n) is 3.23. The van der Waals surface area contributed by atoms with Crippen molar-refractivity contribution < 1.29 is 8.78 Å². The monoisotopic (exact) mass is 255 g/mol. The van der Waals surface area contributed by atoms with Crippen LogP contribution in [0.4, 0.5) is 8.78 Å². The molecule has 0 aliphatic carbocycles. The van der Waals surface area contributed by atoms with Gasteiger partial charge in [-0.1, -0.05) is 17.7 Å². The highest BCUT2D eigenvalue weighted by Crippen LogP contribution is 2.23. The zero-order chi connectivity index (χ0) is 10.7. The molecule has 0 aromatic heterocycles. The molecule has 0 saturated carbocycles. The average Bonchev–Trinajstić information content (AvgIpc) is 2.01. The van der Waals surface area contributed by atoms with Crippen LogP contribution >= 0.6 is 24.0 Å². The SMILES string of the molecule is Cc1cc(Cl)ccc1[C@H](N)CC(F)F.Cl. The van der Waals surface area contributed by atoms with Crippen LogP contribution in [0.2, 0.25) is 5.02 Å². The molecule has 0 amide bonds. The molecule has 1 aromatic rings. The number of rotatable bonds is 3. The molecule has 0 aliphatic heterocycles. The van der Waals surface area contributed by atoms with Gasteiger partial charge in [-0.15, -0.1) is 12.4 Å². The van der Waals surface area contributed by atoms with Crippen molar-refractivity contribution in [1.82, 2.24) is 0 Å². The molecule has 86 valence electrons. The molecule has 0 aliphatic rings. The van der Waals surface area contributed by atoms with Crippen molar-refractivity contribution in [3.63, 3.8) is 0 Å². The molecule has 5 heteroatoms. The predicted octanol–water partition coefficient (Wildman–Crippen LogP) is 3.73. The van der Waals surface area contributed by atoms with Gasteiger partial charge in [0.1, 0.15) is 0 Å². The first-order valence-electron chi connectivity index (χ1n) is 4.30. The minimum Gasteiger partial charge on any atom is -0.324 e. The minimum atomic E-state index is -2.37. The molecule has 0 fully saturated rings.